The van der Waals surface area contributed by atoms with Crippen molar-refractivity contribution in [2.45, 2.75) is 45.1 Å². The van der Waals surface area contributed by atoms with Gasteiger partial charge in [0.2, 0.25) is 0 Å². The van der Waals surface area contributed by atoms with E-state index in [0.717, 1.165) is 30.2 Å². The fourth-order valence-electron chi connectivity index (χ4n) is 2.57. The molecule has 0 saturated heterocycles. The Morgan fingerprint density at radius 3 is 2.88 bits per heavy atom. The van der Waals surface area contributed by atoms with Gasteiger partial charge in [0.05, 0.1) is 5.60 Å². The summed E-state index contributed by atoms with van der Waals surface area (Å²) in [5.74, 6) is 0.379. The van der Waals surface area contributed by atoms with Gasteiger partial charge in [-0.05, 0) is 42.0 Å². The van der Waals surface area contributed by atoms with E-state index in [1.165, 1.54) is 11.1 Å². The standard InChI is InChI=1S/C14H19BrO/c1-3-10(2)14(16)7-6-11-8-13(15)5-4-12(11)9-14/h4-5,8,10,16H,3,6-7,9H2,1-2H3. The van der Waals surface area contributed by atoms with Crippen molar-refractivity contribution in [3.8, 4) is 0 Å². The summed E-state index contributed by atoms with van der Waals surface area (Å²) >= 11 is 3.50. The molecule has 0 bridgehead atoms. The zero-order valence-corrected chi connectivity index (χ0v) is 11.5. The summed E-state index contributed by atoms with van der Waals surface area (Å²) in [7, 11) is 0. The molecule has 0 fully saturated rings. The lowest BCUT2D eigenvalue weighted by Gasteiger charge is -2.38. The van der Waals surface area contributed by atoms with Gasteiger partial charge in [-0.25, -0.2) is 0 Å². The number of hydrogen-bond acceptors (Lipinski definition) is 1. The number of halogens is 1. The Kier molecular flexibility index (Phi) is 3.41. The van der Waals surface area contributed by atoms with E-state index in [2.05, 4.69) is 48.0 Å². The molecule has 2 atom stereocenters. The molecular formula is C14H19BrO. The number of rotatable bonds is 2. The molecule has 2 unspecified atom stereocenters. The molecule has 0 aliphatic heterocycles. The maximum atomic E-state index is 10.6. The molecule has 2 rings (SSSR count). The van der Waals surface area contributed by atoms with Crippen molar-refractivity contribution in [2.75, 3.05) is 0 Å². The van der Waals surface area contributed by atoms with Gasteiger partial charge in [0.15, 0.2) is 0 Å². The van der Waals surface area contributed by atoms with E-state index < -0.39 is 5.60 Å². The average molecular weight is 283 g/mol. The summed E-state index contributed by atoms with van der Waals surface area (Å²) in [6.45, 7) is 4.31. The highest BCUT2D eigenvalue weighted by Gasteiger charge is 2.36. The number of aliphatic hydroxyl groups is 1. The van der Waals surface area contributed by atoms with Crippen molar-refractivity contribution in [3.05, 3.63) is 33.8 Å². The smallest absolute Gasteiger partial charge is 0.0716 e. The molecule has 0 heterocycles. The predicted molar refractivity (Wildman–Crippen MR) is 70.6 cm³/mol. The molecule has 0 saturated carbocycles. The number of aryl methyl sites for hydroxylation is 1. The summed E-state index contributed by atoms with van der Waals surface area (Å²) in [6.07, 6.45) is 3.74. The van der Waals surface area contributed by atoms with Crippen LogP contribution in [0.3, 0.4) is 0 Å². The van der Waals surface area contributed by atoms with E-state index in [1.54, 1.807) is 0 Å². The first-order chi connectivity index (χ1) is 7.55. The minimum absolute atomic E-state index is 0.379. The lowest BCUT2D eigenvalue weighted by molar-refractivity contribution is -0.0252. The van der Waals surface area contributed by atoms with Gasteiger partial charge in [0.25, 0.3) is 0 Å². The second-order valence-corrected chi connectivity index (χ2v) is 5.92. The van der Waals surface area contributed by atoms with Crippen molar-refractivity contribution in [3.63, 3.8) is 0 Å². The van der Waals surface area contributed by atoms with Gasteiger partial charge < -0.3 is 5.11 Å². The van der Waals surface area contributed by atoms with Crippen molar-refractivity contribution < 1.29 is 5.11 Å². The van der Waals surface area contributed by atoms with Gasteiger partial charge in [0.1, 0.15) is 0 Å². The van der Waals surface area contributed by atoms with Crippen molar-refractivity contribution in [1.82, 2.24) is 0 Å². The van der Waals surface area contributed by atoms with Gasteiger partial charge in [-0.3, -0.25) is 0 Å². The van der Waals surface area contributed by atoms with Crippen LogP contribution in [0.1, 0.15) is 37.8 Å². The summed E-state index contributed by atoms with van der Waals surface area (Å²) in [4.78, 5) is 0. The van der Waals surface area contributed by atoms with Crippen molar-refractivity contribution >= 4 is 15.9 Å². The first-order valence-corrected chi connectivity index (χ1v) is 6.84. The summed E-state index contributed by atoms with van der Waals surface area (Å²) in [6, 6.07) is 6.40. The van der Waals surface area contributed by atoms with E-state index in [-0.39, 0.29) is 0 Å². The van der Waals surface area contributed by atoms with Crippen LogP contribution in [0, 0.1) is 5.92 Å². The van der Waals surface area contributed by atoms with Gasteiger partial charge in [-0.15, -0.1) is 0 Å². The molecule has 1 aromatic carbocycles. The van der Waals surface area contributed by atoms with E-state index in [0.29, 0.717) is 5.92 Å². The van der Waals surface area contributed by atoms with Crippen LogP contribution in [-0.2, 0) is 12.8 Å². The molecule has 0 amide bonds. The van der Waals surface area contributed by atoms with Crippen LogP contribution in [0.5, 0.6) is 0 Å². The normalized spacial score (nSPS) is 26.2. The van der Waals surface area contributed by atoms with Crippen LogP contribution in [0.2, 0.25) is 0 Å². The van der Waals surface area contributed by atoms with Crippen molar-refractivity contribution in [1.29, 1.82) is 0 Å². The topological polar surface area (TPSA) is 20.2 Å². The van der Waals surface area contributed by atoms with E-state index in [1.807, 2.05) is 0 Å². The zero-order chi connectivity index (χ0) is 11.8. The minimum Gasteiger partial charge on any atom is -0.389 e. The summed E-state index contributed by atoms with van der Waals surface area (Å²) in [5, 5.41) is 10.6. The number of hydrogen-bond donors (Lipinski definition) is 1. The van der Waals surface area contributed by atoms with Crippen LogP contribution in [0.15, 0.2) is 22.7 Å². The number of benzene rings is 1. The maximum absolute atomic E-state index is 10.6. The van der Waals surface area contributed by atoms with Crippen LogP contribution < -0.4 is 0 Å². The molecule has 1 N–H and O–H groups in total. The first kappa shape index (κ1) is 12.1. The maximum Gasteiger partial charge on any atom is 0.0716 e. The van der Waals surface area contributed by atoms with E-state index in [9.17, 15) is 5.11 Å². The molecule has 1 aliphatic rings. The predicted octanol–water partition coefficient (Wildman–Crippen LogP) is 3.72. The Balaban J connectivity index is 2.27. The highest BCUT2D eigenvalue weighted by atomic mass is 79.9. The second-order valence-electron chi connectivity index (χ2n) is 5.00. The Bertz CT molecular complexity index is 388. The zero-order valence-electron chi connectivity index (χ0n) is 9.96. The van der Waals surface area contributed by atoms with Crippen LogP contribution in [-0.4, -0.2) is 10.7 Å². The molecule has 88 valence electrons. The molecule has 1 nitrogen and oxygen atoms in total. The van der Waals surface area contributed by atoms with Gasteiger partial charge in [0, 0.05) is 10.9 Å². The van der Waals surface area contributed by atoms with Crippen molar-refractivity contribution in [2.24, 2.45) is 5.92 Å². The Hall–Kier alpha value is -0.340. The monoisotopic (exact) mass is 282 g/mol. The molecule has 1 aliphatic carbocycles. The quantitative estimate of drug-likeness (QED) is 0.877. The Morgan fingerprint density at radius 1 is 1.44 bits per heavy atom. The van der Waals surface area contributed by atoms with E-state index >= 15 is 0 Å². The molecule has 1 aromatic rings. The lowest BCUT2D eigenvalue weighted by atomic mass is 9.73. The second kappa shape index (κ2) is 4.50. The number of fused-ring (bicyclic) bond motifs is 1. The third-order valence-electron chi connectivity index (χ3n) is 4.02. The fraction of sp³-hybridized carbons (Fsp3) is 0.571. The first-order valence-electron chi connectivity index (χ1n) is 6.05. The summed E-state index contributed by atoms with van der Waals surface area (Å²) < 4.78 is 1.14. The third kappa shape index (κ3) is 2.18. The third-order valence-corrected chi connectivity index (χ3v) is 4.52. The van der Waals surface area contributed by atoms with Gasteiger partial charge in [-0.2, -0.15) is 0 Å². The molecule has 0 aromatic heterocycles. The van der Waals surface area contributed by atoms with Gasteiger partial charge >= 0.3 is 0 Å². The Morgan fingerprint density at radius 2 is 2.19 bits per heavy atom. The van der Waals surface area contributed by atoms with Crippen LogP contribution >= 0.6 is 15.9 Å². The Labute approximate surface area is 106 Å². The van der Waals surface area contributed by atoms with Crippen LogP contribution in [0.25, 0.3) is 0 Å². The van der Waals surface area contributed by atoms with E-state index in [4.69, 9.17) is 0 Å². The van der Waals surface area contributed by atoms with Crippen LogP contribution in [0.4, 0.5) is 0 Å². The molecular weight excluding hydrogens is 264 g/mol. The summed E-state index contributed by atoms with van der Waals surface area (Å²) in [5.41, 5.74) is 2.22. The highest BCUT2D eigenvalue weighted by Crippen LogP contribution is 2.36. The SMILES string of the molecule is CCC(C)C1(O)CCc2cc(Br)ccc2C1. The lowest BCUT2D eigenvalue weighted by Crippen LogP contribution is -2.41. The highest BCUT2D eigenvalue weighted by molar-refractivity contribution is 9.10. The molecule has 0 radical (unpaired) electrons. The fourth-order valence-corrected chi connectivity index (χ4v) is 2.98. The minimum atomic E-state index is -0.490. The molecule has 0 spiro atoms. The average Bonchev–Trinajstić information content (AvgIpc) is 2.28. The van der Waals surface area contributed by atoms with Gasteiger partial charge in [-0.1, -0.05) is 42.3 Å². The molecule has 2 heteroatoms. The molecule has 16 heavy (non-hydrogen) atoms. The largest absolute Gasteiger partial charge is 0.389 e.